The number of rotatable bonds is 9. The van der Waals surface area contributed by atoms with Crippen LogP contribution in [0.25, 0.3) is 10.9 Å². The summed E-state index contributed by atoms with van der Waals surface area (Å²) >= 11 is 0. The van der Waals surface area contributed by atoms with Gasteiger partial charge in [-0.3, -0.25) is 0 Å². The van der Waals surface area contributed by atoms with Gasteiger partial charge >= 0.3 is 0 Å². The Bertz CT molecular complexity index is 869. The lowest BCUT2D eigenvalue weighted by Crippen LogP contribution is -2.40. The minimum absolute atomic E-state index is 0.335. The number of piperidine rings is 1. The van der Waals surface area contributed by atoms with Gasteiger partial charge in [-0.25, -0.2) is 0 Å². The number of nitrogens with one attached hydrogen (secondary N) is 1. The Morgan fingerprint density at radius 2 is 1.86 bits per heavy atom. The standard InChI is InChI=1S/C25H32N2O2/c28-22(19-29-25-11-5-10-24-23(25)12-15-26-24)18-27-16-13-21(14-17-27)9-4-8-20-6-2-1-3-7-20/h1-3,5-7,10-12,15,21-22,26,28H,4,8-9,13-14,16-19H2/t22-/m0/s1. The summed E-state index contributed by atoms with van der Waals surface area (Å²) < 4.78 is 5.90. The number of aromatic nitrogens is 1. The average Bonchev–Trinajstić information content (AvgIpc) is 3.24. The van der Waals surface area contributed by atoms with Gasteiger partial charge in [-0.1, -0.05) is 42.8 Å². The van der Waals surface area contributed by atoms with Crippen LogP contribution in [0.2, 0.25) is 0 Å². The van der Waals surface area contributed by atoms with E-state index in [0.29, 0.717) is 13.2 Å². The molecule has 0 aliphatic carbocycles. The number of nitrogens with zero attached hydrogens (tertiary/aromatic N) is 1. The van der Waals surface area contributed by atoms with Crippen molar-refractivity contribution in [3.05, 3.63) is 66.4 Å². The first-order chi connectivity index (χ1) is 14.3. The number of aromatic amines is 1. The monoisotopic (exact) mass is 392 g/mol. The van der Waals surface area contributed by atoms with Gasteiger partial charge < -0.3 is 19.7 Å². The zero-order valence-electron chi connectivity index (χ0n) is 17.1. The summed E-state index contributed by atoms with van der Waals surface area (Å²) in [6.45, 7) is 3.20. The number of hydrogen-bond acceptors (Lipinski definition) is 3. The Kier molecular flexibility index (Phi) is 6.86. The van der Waals surface area contributed by atoms with Crippen LogP contribution in [0.5, 0.6) is 5.75 Å². The summed E-state index contributed by atoms with van der Waals surface area (Å²) in [7, 11) is 0. The van der Waals surface area contributed by atoms with E-state index >= 15 is 0 Å². The van der Waals surface area contributed by atoms with Crippen molar-refractivity contribution < 1.29 is 9.84 Å². The Balaban J connectivity index is 1.14. The van der Waals surface area contributed by atoms with Gasteiger partial charge in [0.05, 0.1) is 0 Å². The van der Waals surface area contributed by atoms with E-state index < -0.39 is 6.10 Å². The largest absolute Gasteiger partial charge is 0.490 e. The summed E-state index contributed by atoms with van der Waals surface area (Å²) in [5.41, 5.74) is 2.51. The molecule has 0 radical (unpaired) electrons. The lowest BCUT2D eigenvalue weighted by molar-refractivity contribution is 0.0547. The lowest BCUT2D eigenvalue weighted by atomic mass is 9.90. The van der Waals surface area contributed by atoms with Gasteiger partial charge in [0.2, 0.25) is 0 Å². The number of aliphatic hydroxyl groups excluding tert-OH is 1. The minimum atomic E-state index is -0.459. The van der Waals surface area contributed by atoms with E-state index in [0.717, 1.165) is 35.7 Å². The van der Waals surface area contributed by atoms with E-state index in [9.17, 15) is 5.11 Å². The number of benzene rings is 2. The summed E-state index contributed by atoms with van der Waals surface area (Å²) in [5, 5.41) is 11.5. The first-order valence-corrected chi connectivity index (χ1v) is 10.9. The fraction of sp³-hybridized carbons (Fsp3) is 0.440. The van der Waals surface area contributed by atoms with Crippen LogP contribution in [0.4, 0.5) is 0 Å². The molecule has 154 valence electrons. The smallest absolute Gasteiger partial charge is 0.128 e. The van der Waals surface area contributed by atoms with Crippen molar-refractivity contribution in [2.24, 2.45) is 5.92 Å². The van der Waals surface area contributed by atoms with Crippen molar-refractivity contribution >= 4 is 10.9 Å². The van der Waals surface area contributed by atoms with Crippen LogP contribution in [-0.2, 0) is 6.42 Å². The van der Waals surface area contributed by atoms with Gasteiger partial charge in [0, 0.05) is 23.6 Å². The normalized spacial score (nSPS) is 16.9. The molecule has 29 heavy (non-hydrogen) atoms. The van der Waals surface area contributed by atoms with Gasteiger partial charge in [-0.15, -0.1) is 0 Å². The number of likely N-dealkylation sites (tertiary alicyclic amines) is 1. The Morgan fingerprint density at radius 1 is 1.03 bits per heavy atom. The minimum Gasteiger partial charge on any atom is -0.490 e. The molecule has 4 nitrogen and oxygen atoms in total. The van der Waals surface area contributed by atoms with Gasteiger partial charge in [-0.05, 0) is 68.5 Å². The molecule has 1 aromatic heterocycles. The first-order valence-electron chi connectivity index (χ1n) is 10.9. The molecule has 0 spiro atoms. The molecule has 1 saturated heterocycles. The van der Waals surface area contributed by atoms with Crippen molar-refractivity contribution in [2.75, 3.05) is 26.2 Å². The molecule has 1 fully saturated rings. The number of H-pyrrole nitrogens is 1. The number of fused-ring (bicyclic) bond motifs is 1. The molecule has 0 amide bonds. The van der Waals surface area contributed by atoms with Crippen LogP contribution in [0.15, 0.2) is 60.8 Å². The fourth-order valence-electron chi connectivity index (χ4n) is 4.42. The highest BCUT2D eigenvalue weighted by atomic mass is 16.5. The molecule has 2 heterocycles. The molecule has 1 aliphatic rings. The molecule has 2 aromatic carbocycles. The maximum atomic E-state index is 10.4. The molecule has 0 saturated carbocycles. The van der Waals surface area contributed by atoms with Gasteiger partial charge in [0.15, 0.2) is 0 Å². The van der Waals surface area contributed by atoms with Crippen molar-refractivity contribution in [3.8, 4) is 5.75 Å². The maximum Gasteiger partial charge on any atom is 0.128 e. The molecule has 4 rings (SSSR count). The number of aryl methyl sites for hydroxylation is 1. The zero-order chi connectivity index (χ0) is 19.9. The Hall–Kier alpha value is -2.30. The molecular formula is C25H32N2O2. The highest BCUT2D eigenvalue weighted by Crippen LogP contribution is 2.25. The lowest BCUT2D eigenvalue weighted by Gasteiger charge is -2.33. The van der Waals surface area contributed by atoms with Gasteiger partial charge in [-0.2, -0.15) is 0 Å². The van der Waals surface area contributed by atoms with Crippen molar-refractivity contribution in [2.45, 2.75) is 38.2 Å². The second kappa shape index (κ2) is 9.95. The third-order valence-electron chi connectivity index (χ3n) is 6.08. The summed E-state index contributed by atoms with van der Waals surface area (Å²) in [4.78, 5) is 5.58. The highest BCUT2D eigenvalue weighted by molar-refractivity contribution is 5.85. The summed E-state index contributed by atoms with van der Waals surface area (Å²) in [5.74, 6) is 1.66. The number of ether oxygens (including phenoxy) is 1. The predicted octanol–water partition coefficient (Wildman–Crippen LogP) is 4.64. The predicted molar refractivity (Wildman–Crippen MR) is 118 cm³/mol. The van der Waals surface area contributed by atoms with Crippen LogP contribution in [0.1, 0.15) is 31.2 Å². The van der Waals surface area contributed by atoms with E-state index in [2.05, 4.69) is 40.2 Å². The van der Waals surface area contributed by atoms with Crippen LogP contribution in [0, 0.1) is 5.92 Å². The molecule has 1 aliphatic heterocycles. The van der Waals surface area contributed by atoms with E-state index in [-0.39, 0.29) is 0 Å². The van der Waals surface area contributed by atoms with Crippen LogP contribution < -0.4 is 4.74 Å². The quantitative estimate of drug-likeness (QED) is 0.558. The molecule has 4 heteroatoms. The zero-order valence-corrected chi connectivity index (χ0v) is 17.1. The molecule has 0 bridgehead atoms. The molecule has 3 aromatic rings. The molecular weight excluding hydrogens is 360 g/mol. The second-order valence-electron chi connectivity index (χ2n) is 8.28. The topological polar surface area (TPSA) is 48.5 Å². The third kappa shape index (κ3) is 5.62. The van der Waals surface area contributed by atoms with Crippen LogP contribution in [0.3, 0.4) is 0 Å². The van der Waals surface area contributed by atoms with E-state index in [1.54, 1.807) is 0 Å². The number of aliphatic hydroxyl groups is 1. The second-order valence-corrected chi connectivity index (χ2v) is 8.28. The number of β-amino-alcohol motifs (C(OH)–C–C–N with tert-alkyl or cyclic N) is 1. The van der Waals surface area contributed by atoms with Crippen molar-refractivity contribution in [1.29, 1.82) is 0 Å². The fourth-order valence-corrected chi connectivity index (χ4v) is 4.42. The Morgan fingerprint density at radius 3 is 2.69 bits per heavy atom. The van der Waals surface area contributed by atoms with Crippen molar-refractivity contribution in [1.82, 2.24) is 9.88 Å². The van der Waals surface area contributed by atoms with Crippen LogP contribution in [-0.4, -0.2) is 47.3 Å². The van der Waals surface area contributed by atoms with E-state index in [1.165, 1.54) is 37.7 Å². The number of hydrogen-bond donors (Lipinski definition) is 2. The van der Waals surface area contributed by atoms with Gasteiger partial charge in [0.1, 0.15) is 18.5 Å². The third-order valence-corrected chi connectivity index (χ3v) is 6.08. The average molecular weight is 393 g/mol. The SMILES string of the molecule is O[C@H](COc1cccc2[nH]ccc12)CN1CCC(CCCc2ccccc2)CC1. The summed E-state index contributed by atoms with van der Waals surface area (Å²) in [6.07, 6.45) is 7.71. The molecule has 0 unspecified atom stereocenters. The van der Waals surface area contributed by atoms with Gasteiger partial charge in [0.25, 0.3) is 0 Å². The molecule has 1 atom stereocenters. The van der Waals surface area contributed by atoms with E-state index in [4.69, 9.17) is 4.74 Å². The van der Waals surface area contributed by atoms with Crippen LogP contribution >= 0.6 is 0 Å². The first kappa shape index (κ1) is 20.0. The van der Waals surface area contributed by atoms with E-state index in [1.807, 2.05) is 30.5 Å². The maximum absolute atomic E-state index is 10.4. The van der Waals surface area contributed by atoms with Crippen molar-refractivity contribution in [3.63, 3.8) is 0 Å². The molecule has 2 N–H and O–H groups in total. The highest BCUT2D eigenvalue weighted by Gasteiger charge is 2.21. The summed E-state index contributed by atoms with van der Waals surface area (Å²) in [6, 6.07) is 18.8. The Labute approximate surface area is 173 Å².